The van der Waals surface area contributed by atoms with E-state index in [2.05, 4.69) is 15.3 Å². The molecule has 0 saturated carbocycles. The van der Waals surface area contributed by atoms with E-state index in [1.54, 1.807) is 44.7 Å². The smallest absolute Gasteiger partial charge is 0.417 e. The summed E-state index contributed by atoms with van der Waals surface area (Å²) in [5, 5.41) is 3.04. The Morgan fingerprint density at radius 2 is 1.81 bits per heavy atom. The molecule has 0 atom stereocenters. The number of hydrogen-bond donors (Lipinski definition) is 2. The highest BCUT2D eigenvalue weighted by molar-refractivity contribution is 5.77. The van der Waals surface area contributed by atoms with Gasteiger partial charge in [0, 0.05) is 23.4 Å². The molecule has 2 aromatic carbocycles. The molecule has 26 heavy (non-hydrogen) atoms. The lowest BCUT2D eigenvalue weighted by Crippen LogP contribution is -1.92. The molecular formula is C18H15N3O5. The van der Waals surface area contributed by atoms with Crippen molar-refractivity contribution >= 4 is 22.8 Å². The average molecular weight is 353 g/mol. The molecule has 0 amide bonds. The molecular weight excluding hydrogens is 338 g/mol. The average Bonchev–Trinajstić information content (AvgIpc) is 3.26. The van der Waals surface area contributed by atoms with Crippen LogP contribution in [0.3, 0.4) is 0 Å². The van der Waals surface area contributed by atoms with Gasteiger partial charge < -0.3 is 23.6 Å². The normalized spacial score (nSPS) is 10.8. The quantitative estimate of drug-likeness (QED) is 0.566. The second-order valence-electron chi connectivity index (χ2n) is 5.48. The Hall–Kier alpha value is -3.68. The lowest BCUT2D eigenvalue weighted by atomic mass is 10.1. The Morgan fingerprint density at radius 3 is 2.54 bits per heavy atom. The summed E-state index contributed by atoms with van der Waals surface area (Å²) in [7, 11) is 3.17. The first-order valence-electron chi connectivity index (χ1n) is 7.74. The fraction of sp³-hybridized carbons (Fsp3) is 0.111. The highest BCUT2D eigenvalue weighted by Gasteiger charge is 2.11. The van der Waals surface area contributed by atoms with Crippen molar-refractivity contribution in [2.24, 2.45) is 0 Å². The lowest BCUT2D eigenvalue weighted by molar-refractivity contribution is 0.394. The third kappa shape index (κ3) is 3.00. The summed E-state index contributed by atoms with van der Waals surface area (Å²) in [5.41, 5.74) is 2.52. The Morgan fingerprint density at radius 1 is 1.04 bits per heavy atom. The summed E-state index contributed by atoms with van der Waals surface area (Å²) >= 11 is 0. The molecule has 132 valence electrons. The maximum atomic E-state index is 11.2. The predicted molar refractivity (Wildman–Crippen MR) is 95.2 cm³/mol. The molecule has 0 unspecified atom stereocenters. The molecule has 8 heteroatoms. The zero-order valence-corrected chi connectivity index (χ0v) is 14.0. The van der Waals surface area contributed by atoms with Gasteiger partial charge in [-0.25, -0.2) is 9.78 Å². The van der Waals surface area contributed by atoms with Gasteiger partial charge in [-0.1, -0.05) is 0 Å². The third-order valence-corrected chi connectivity index (χ3v) is 3.81. The minimum atomic E-state index is -0.498. The first kappa shape index (κ1) is 15.8. The standard InChI is InChI=1S/C18H15N3O5/c1-23-12-5-10(6-13(8-12)24-2)16-9-19-17(25-16)20-11-3-4-14-15(7-11)26-18(22)21-14/h3-9H,1-2H3,(H,19,20)(H,21,22). The maximum Gasteiger partial charge on any atom is 0.417 e. The number of benzene rings is 2. The van der Waals surface area contributed by atoms with Gasteiger partial charge in [0.1, 0.15) is 11.5 Å². The summed E-state index contributed by atoms with van der Waals surface area (Å²) in [5.74, 6) is 1.36. The van der Waals surface area contributed by atoms with E-state index in [0.717, 1.165) is 5.56 Å². The number of aromatic nitrogens is 2. The number of hydrogen-bond acceptors (Lipinski definition) is 7. The molecule has 2 heterocycles. The van der Waals surface area contributed by atoms with Crippen LogP contribution in [0, 0.1) is 0 Å². The Kier molecular flexibility index (Phi) is 3.85. The molecule has 2 aromatic heterocycles. The van der Waals surface area contributed by atoms with E-state index in [-0.39, 0.29) is 0 Å². The van der Waals surface area contributed by atoms with Gasteiger partial charge in [-0.15, -0.1) is 0 Å². The summed E-state index contributed by atoms with van der Waals surface area (Å²) in [6, 6.07) is 10.9. The number of H-pyrrole nitrogens is 1. The third-order valence-electron chi connectivity index (χ3n) is 3.81. The van der Waals surface area contributed by atoms with Crippen molar-refractivity contribution in [2.45, 2.75) is 0 Å². The number of anilines is 2. The van der Waals surface area contributed by atoms with E-state index in [9.17, 15) is 4.79 Å². The minimum Gasteiger partial charge on any atom is -0.497 e. The molecule has 0 aliphatic heterocycles. The van der Waals surface area contributed by atoms with Gasteiger partial charge in [0.05, 0.1) is 25.9 Å². The van der Waals surface area contributed by atoms with Crippen molar-refractivity contribution in [2.75, 3.05) is 19.5 Å². The van der Waals surface area contributed by atoms with Crippen molar-refractivity contribution in [3.63, 3.8) is 0 Å². The van der Waals surface area contributed by atoms with Gasteiger partial charge in [0.25, 0.3) is 6.01 Å². The number of fused-ring (bicyclic) bond motifs is 1. The van der Waals surface area contributed by atoms with Crippen molar-refractivity contribution in [3.05, 3.63) is 53.1 Å². The molecule has 4 aromatic rings. The highest BCUT2D eigenvalue weighted by atomic mass is 16.5. The van der Waals surface area contributed by atoms with Crippen LogP contribution in [0.15, 0.2) is 56.2 Å². The van der Waals surface area contributed by atoms with Crippen LogP contribution in [0.5, 0.6) is 11.5 Å². The van der Waals surface area contributed by atoms with Crippen molar-refractivity contribution in [3.8, 4) is 22.8 Å². The number of nitrogens with zero attached hydrogens (tertiary/aromatic N) is 1. The van der Waals surface area contributed by atoms with Crippen molar-refractivity contribution < 1.29 is 18.3 Å². The zero-order chi connectivity index (χ0) is 18.1. The number of oxazole rings is 2. The molecule has 0 aliphatic carbocycles. The lowest BCUT2D eigenvalue weighted by Gasteiger charge is -2.06. The van der Waals surface area contributed by atoms with Crippen LogP contribution in [0.1, 0.15) is 0 Å². The molecule has 0 saturated heterocycles. The number of nitrogens with one attached hydrogen (secondary N) is 2. The molecule has 0 spiro atoms. The van der Waals surface area contributed by atoms with Gasteiger partial charge >= 0.3 is 5.76 Å². The molecule has 2 N–H and O–H groups in total. The molecule has 8 nitrogen and oxygen atoms in total. The largest absolute Gasteiger partial charge is 0.497 e. The first-order valence-corrected chi connectivity index (χ1v) is 7.74. The van der Waals surface area contributed by atoms with Crippen LogP contribution in [-0.2, 0) is 0 Å². The molecule has 0 aliphatic rings. The Bertz CT molecular complexity index is 1100. The number of rotatable bonds is 5. The topological polar surface area (TPSA) is 103 Å². The van der Waals surface area contributed by atoms with E-state index in [0.29, 0.717) is 40.1 Å². The van der Waals surface area contributed by atoms with Crippen LogP contribution >= 0.6 is 0 Å². The molecule has 0 radical (unpaired) electrons. The maximum absolute atomic E-state index is 11.2. The van der Waals surface area contributed by atoms with E-state index in [1.165, 1.54) is 0 Å². The number of ether oxygens (including phenoxy) is 2. The summed E-state index contributed by atoms with van der Waals surface area (Å²) in [6.45, 7) is 0. The minimum absolute atomic E-state index is 0.305. The number of methoxy groups -OCH3 is 2. The van der Waals surface area contributed by atoms with E-state index >= 15 is 0 Å². The van der Waals surface area contributed by atoms with Gasteiger partial charge in [0.2, 0.25) is 0 Å². The molecule has 4 rings (SSSR count). The molecule has 0 fully saturated rings. The summed E-state index contributed by atoms with van der Waals surface area (Å²) < 4.78 is 21.3. The van der Waals surface area contributed by atoms with Crippen LogP contribution < -0.4 is 20.5 Å². The van der Waals surface area contributed by atoms with Gasteiger partial charge in [-0.3, -0.25) is 4.98 Å². The second-order valence-corrected chi connectivity index (χ2v) is 5.48. The molecule has 0 bridgehead atoms. The van der Waals surface area contributed by atoms with E-state index in [1.807, 2.05) is 12.1 Å². The Labute approximate surface area is 147 Å². The van der Waals surface area contributed by atoms with Crippen molar-refractivity contribution in [1.29, 1.82) is 0 Å². The SMILES string of the molecule is COc1cc(OC)cc(-c2cnc(Nc3ccc4[nH]c(=O)oc4c3)o2)c1. The van der Waals surface area contributed by atoms with E-state index in [4.69, 9.17) is 18.3 Å². The highest BCUT2D eigenvalue weighted by Crippen LogP contribution is 2.31. The fourth-order valence-corrected chi connectivity index (χ4v) is 2.56. The second kappa shape index (κ2) is 6.32. The van der Waals surface area contributed by atoms with Crippen LogP contribution in [0.25, 0.3) is 22.4 Å². The summed E-state index contributed by atoms with van der Waals surface area (Å²) in [4.78, 5) is 18.0. The van der Waals surface area contributed by atoms with Gasteiger partial charge in [-0.2, -0.15) is 0 Å². The van der Waals surface area contributed by atoms with Gasteiger partial charge in [0.15, 0.2) is 11.3 Å². The van der Waals surface area contributed by atoms with Gasteiger partial charge in [-0.05, 0) is 24.3 Å². The van der Waals surface area contributed by atoms with Crippen LogP contribution in [-0.4, -0.2) is 24.2 Å². The zero-order valence-electron chi connectivity index (χ0n) is 14.0. The fourth-order valence-electron chi connectivity index (χ4n) is 2.56. The first-order chi connectivity index (χ1) is 12.6. The van der Waals surface area contributed by atoms with Crippen LogP contribution in [0.2, 0.25) is 0 Å². The van der Waals surface area contributed by atoms with E-state index < -0.39 is 5.76 Å². The summed E-state index contributed by atoms with van der Waals surface area (Å²) in [6.07, 6.45) is 1.60. The predicted octanol–water partition coefficient (Wildman–Crippen LogP) is 3.54. The monoisotopic (exact) mass is 353 g/mol. The van der Waals surface area contributed by atoms with Crippen LogP contribution in [0.4, 0.5) is 11.7 Å². The van der Waals surface area contributed by atoms with Crippen molar-refractivity contribution in [1.82, 2.24) is 9.97 Å². The Balaban J connectivity index is 1.62. The number of aromatic amines is 1.